The first-order valence-electron chi connectivity index (χ1n) is 7.74. The topological polar surface area (TPSA) is 49.4 Å². The van der Waals surface area contributed by atoms with Gasteiger partial charge in [-0.3, -0.25) is 4.90 Å². The highest BCUT2D eigenvalue weighted by molar-refractivity contribution is 7.92. The van der Waals surface area contributed by atoms with E-state index in [1.807, 2.05) is 6.07 Å². The zero-order chi connectivity index (χ0) is 14.9. The number of hydrogen-bond acceptors (Lipinski definition) is 4. The van der Waals surface area contributed by atoms with Gasteiger partial charge in [0.1, 0.15) is 0 Å². The zero-order valence-electron chi connectivity index (χ0n) is 12.6. The Morgan fingerprint density at radius 3 is 2.76 bits per heavy atom. The molecule has 1 N–H and O–H groups in total. The molecule has 21 heavy (non-hydrogen) atoms. The van der Waals surface area contributed by atoms with Crippen molar-refractivity contribution < 1.29 is 8.42 Å². The van der Waals surface area contributed by atoms with Crippen molar-refractivity contribution in [2.75, 3.05) is 31.9 Å². The summed E-state index contributed by atoms with van der Waals surface area (Å²) < 4.78 is 24.0. The van der Waals surface area contributed by atoms with Crippen molar-refractivity contribution in [1.29, 1.82) is 0 Å². The van der Waals surface area contributed by atoms with Crippen molar-refractivity contribution in [2.45, 2.75) is 30.6 Å². The lowest BCUT2D eigenvalue weighted by Crippen LogP contribution is -2.57. The van der Waals surface area contributed by atoms with Crippen LogP contribution in [0.15, 0.2) is 30.3 Å². The Morgan fingerprint density at radius 2 is 2.10 bits per heavy atom. The second kappa shape index (κ2) is 5.71. The molecule has 2 heterocycles. The molecule has 1 aromatic rings. The van der Waals surface area contributed by atoms with Gasteiger partial charge in [0, 0.05) is 26.2 Å². The van der Waals surface area contributed by atoms with Gasteiger partial charge in [-0.05, 0) is 25.3 Å². The minimum Gasteiger partial charge on any atom is -0.305 e. The number of hydrogen-bond donors (Lipinski definition) is 1. The molecule has 2 aliphatic rings. The van der Waals surface area contributed by atoms with E-state index in [1.54, 1.807) is 0 Å². The Labute approximate surface area is 127 Å². The van der Waals surface area contributed by atoms with Gasteiger partial charge in [-0.2, -0.15) is 0 Å². The second-order valence-electron chi connectivity index (χ2n) is 6.49. The molecule has 2 atom stereocenters. The van der Waals surface area contributed by atoms with Crippen molar-refractivity contribution in [2.24, 2.45) is 0 Å². The highest BCUT2D eigenvalue weighted by atomic mass is 32.2. The number of benzene rings is 1. The molecule has 2 aliphatic heterocycles. The Morgan fingerprint density at radius 1 is 1.33 bits per heavy atom. The van der Waals surface area contributed by atoms with E-state index in [4.69, 9.17) is 0 Å². The van der Waals surface area contributed by atoms with E-state index >= 15 is 0 Å². The van der Waals surface area contributed by atoms with E-state index in [-0.39, 0.29) is 10.8 Å². The van der Waals surface area contributed by atoms with E-state index in [2.05, 4.69) is 41.4 Å². The smallest absolute Gasteiger partial charge is 0.154 e. The maximum atomic E-state index is 12.0. The molecular formula is C16H24N2O2S. The van der Waals surface area contributed by atoms with Crippen molar-refractivity contribution in [3.8, 4) is 0 Å². The van der Waals surface area contributed by atoms with Gasteiger partial charge in [0.25, 0.3) is 0 Å². The number of piperazine rings is 1. The summed E-state index contributed by atoms with van der Waals surface area (Å²) in [6.07, 6.45) is 1.66. The molecule has 0 saturated carbocycles. The summed E-state index contributed by atoms with van der Waals surface area (Å²) >= 11 is 0. The quantitative estimate of drug-likeness (QED) is 0.917. The lowest BCUT2D eigenvalue weighted by Gasteiger charge is -2.42. The molecule has 0 spiro atoms. The van der Waals surface area contributed by atoms with Crippen LogP contribution in [0, 0.1) is 0 Å². The van der Waals surface area contributed by atoms with Crippen LogP contribution in [0.25, 0.3) is 0 Å². The van der Waals surface area contributed by atoms with Crippen molar-refractivity contribution in [3.05, 3.63) is 35.9 Å². The molecule has 2 unspecified atom stereocenters. The first-order valence-corrected chi connectivity index (χ1v) is 9.46. The third-order valence-corrected chi connectivity index (χ3v) is 7.08. The van der Waals surface area contributed by atoms with Gasteiger partial charge in [-0.1, -0.05) is 30.3 Å². The fraction of sp³-hybridized carbons (Fsp3) is 0.625. The van der Waals surface area contributed by atoms with Crippen LogP contribution < -0.4 is 5.32 Å². The van der Waals surface area contributed by atoms with Gasteiger partial charge >= 0.3 is 0 Å². The summed E-state index contributed by atoms with van der Waals surface area (Å²) in [6.45, 7) is 5.58. The van der Waals surface area contributed by atoms with Crippen LogP contribution in [0.3, 0.4) is 0 Å². The van der Waals surface area contributed by atoms with Crippen LogP contribution >= 0.6 is 0 Å². The van der Waals surface area contributed by atoms with Crippen LogP contribution in [0.4, 0.5) is 0 Å². The molecule has 1 aromatic carbocycles. The summed E-state index contributed by atoms with van der Waals surface area (Å²) in [5.41, 5.74) is 1.17. The molecule has 116 valence electrons. The van der Waals surface area contributed by atoms with Gasteiger partial charge in [-0.15, -0.1) is 0 Å². The third-order valence-electron chi connectivity index (χ3n) is 4.82. The lowest BCUT2D eigenvalue weighted by atomic mass is 9.89. The van der Waals surface area contributed by atoms with Gasteiger partial charge < -0.3 is 5.32 Å². The third kappa shape index (κ3) is 3.15. The van der Waals surface area contributed by atoms with E-state index in [1.165, 1.54) is 5.56 Å². The van der Waals surface area contributed by atoms with Gasteiger partial charge in [-0.25, -0.2) is 8.42 Å². The molecule has 0 radical (unpaired) electrons. The summed E-state index contributed by atoms with van der Waals surface area (Å²) in [7, 11) is -2.85. The highest BCUT2D eigenvalue weighted by Crippen LogP contribution is 2.27. The fourth-order valence-corrected chi connectivity index (χ4v) is 5.44. The molecule has 2 saturated heterocycles. The summed E-state index contributed by atoms with van der Waals surface area (Å²) in [4.78, 5) is 2.32. The molecule has 4 nitrogen and oxygen atoms in total. The summed E-state index contributed by atoms with van der Waals surface area (Å²) in [5, 5.41) is 3.44. The normalized spacial score (nSPS) is 33.1. The van der Waals surface area contributed by atoms with E-state index < -0.39 is 9.84 Å². The standard InChI is InChI=1S/C16H24N2O2S/c1-16(14-6-3-2-4-7-14)13-18(10-9-17-16)12-15-8-5-11-21(15,19)20/h2-4,6-7,15,17H,5,8-13H2,1H3. The predicted molar refractivity (Wildman–Crippen MR) is 85.0 cm³/mol. The fourth-order valence-electron chi connectivity index (χ4n) is 3.58. The molecule has 2 fully saturated rings. The minimum atomic E-state index is -2.85. The Kier molecular flexibility index (Phi) is 4.08. The molecular weight excluding hydrogens is 284 g/mol. The van der Waals surface area contributed by atoms with Crippen molar-refractivity contribution in [1.82, 2.24) is 10.2 Å². The molecule has 3 rings (SSSR count). The van der Waals surface area contributed by atoms with E-state index in [0.717, 1.165) is 32.5 Å². The van der Waals surface area contributed by atoms with Crippen LogP contribution in [0.2, 0.25) is 0 Å². The second-order valence-corrected chi connectivity index (χ2v) is 8.89. The van der Waals surface area contributed by atoms with Crippen molar-refractivity contribution >= 4 is 9.84 Å². The molecule has 5 heteroatoms. The molecule has 0 bridgehead atoms. The molecule has 0 amide bonds. The first-order chi connectivity index (χ1) is 10.00. The van der Waals surface area contributed by atoms with E-state index in [9.17, 15) is 8.42 Å². The van der Waals surface area contributed by atoms with Gasteiger partial charge in [0.2, 0.25) is 0 Å². The van der Waals surface area contributed by atoms with Crippen LogP contribution in [0.1, 0.15) is 25.3 Å². The largest absolute Gasteiger partial charge is 0.305 e. The van der Waals surface area contributed by atoms with Gasteiger partial charge in [0.15, 0.2) is 9.84 Å². The predicted octanol–water partition coefficient (Wildman–Crippen LogP) is 1.38. The van der Waals surface area contributed by atoms with E-state index in [0.29, 0.717) is 12.3 Å². The zero-order valence-corrected chi connectivity index (χ0v) is 13.4. The van der Waals surface area contributed by atoms with Crippen LogP contribution in [0.5, 0.6) is 0 Å². The minimum absolute atomic E-state index is 0.0954. The van der Waals surface area contributed by atoms with Crippen molar-refractivity contribution in [3.63, 3.8) is 0 Å². The maximum absolute atomic E-state index is 12.0. The lowest BCUT2D eigenvalue weighted by molar-refractivity contribution is 0.142. The number of rotatable bonds is 3. The Bertz CT molecular complexity index is 588. The van der Waals surface area contributed by atoms with Crippen LogP contribution in [-0.4, -0.2) is 50.5 Å². The Hall–Kier alpha value is -0.910. The van der Waals surface area contributed by atoms with Crippen LogP contribution in [-0.2, 0) is 15.4 Å². The van der Waals surface area contributed by atoms with Gasteiger partial charge in [0.05, 0.1) is 16.5 Å². The Balaban J connectivity index is 1.71. The number of nitrogens with zero attached hydrogens (tertiary/aromatic N) is 1. The highest BCUT2D eigenvalue weighted by Gasteiger charge is 2.37. The molecule has 0 aromatic heterocycles. The SMILES string of the molecule is CC1(c2ccccc2)CN(CC2CCCS2(=O)=O)CCN1. The maximum Gasteiger partial charge on any atom is 0.154 e. The average molecular weight is 308 g/mol. The number of nitrogens with one attached hydrogen (secondary N) is 1. The summed E-state index contributed by atoms with van der Waals surface area (Å²) in [5.74, 6) is 0.375. The molecule has 0 aliphatic carbocycles. The first kappa shape index (κ1) is 15.0. The average Bonchev–Trinajstić information content (AvgIpc) is 2.79. The monoisotopic (exact) mass is 308 g/mol. The summed E-state index contributed by atoms with van der Waals surface area (Å²) in [6, 6.07) is 10.4. The number of sulfone groups is 1.